The fourth-order valence-corrected chi connectivity index (χ4v) is 3.17. The molecule has 5 nitrogen and oxygen atoms in total. The lowest BCUT2D eigenvalue weighted by atomic mass is 10.0. The predicted octanol–water partition coefficient (Wildman–Crippen LogP) is 2.72. The Balaban J connectivity index is 1.85. The number of nitrogens with one attached hydrogen (secondary N) is 1. The minimum absolute atomic E-state index is 0.0488. The molecule has 1 fully saturated rings. The van der Waals surface area contributed by atoms with Crippen molar-refractivity contribution < 1.29 is 9.59 Å². The van der Waals surface area contributed by atoms with Gasteiger partial charge in [-0.1, -0.05) is 36.7 Å². The molecule has 144 valence electrons. The Labute approximate surface area is 161 Å². The molecule has 1 unspecified atom stereocenters. The van der Waals surface area contributed by atoms with E-state index in [1.807, 2.05) is 43.9 Å². The van der Waals surface area contributed by atoms with Crippen LogP contribution in [0.2, 0.25) is 5.02 Å². The molecule has 1 saturated heterocycles. The van der Waals surface area contributed by atoms with Crippen molar-refractivity contribution in [1.82, 2.24) is 15.1 Å². The third-order valence-electron chi connectivity index (χ3n) is 5.24. The zero-order chi connectivity index (χ0) is 19.3. The maximum Gasteiger partial charge on any atom is 0.237 e. The zero-order valence-electron chi connectivity index (χ0n) is 16.2. The molecule has 2 amide bonds. The smallest absolute Gasteiger partial charge is 0.237 e. The normalized spacial score (nSPS) is 17.0. The van der Waals surface area contributed by atoms with Crippen LogP contribution in [0.3, 0.4) is 0 Å². The number of nitrogens with zero attached hydrogens (tertiary/aromatic N) is 2. The molecule has 1 aromatic rings. The Morgan fingerprint density at radius 1 is 1.19 bits per heavy atom. The molecular weight excluding hydrogens is 350 g/mol. The monoisotopic (exact) mass is 379 g/mol. The van der Waals surface area contributed by atoms with Crippen LogP contribution in [0.25, 0.3) is 0 Å². The number of hydrogen-bond acceptors (Lipinski definition) is 3. The highest BCUT2D eigenvalue weighted by Crippen LogP contribution is 2.17. The van der Waals surface area contributed by atoms with Crippen molar-refractivity contribution in [1.29, 1.82) is 0 Å². The first-order valence-electron chi connectivity index (χ1n) is 9.31. The van der Waals surface area contributed by atoms with Crippen LogP contribution in [0.5, 0.6) is 0 Å². The van der Waals surface area contributed by atoms with Gasteiger partial charge >= 0.3 is 0 Å². The van der Waals surface area contributed by atoms with E-state index in [0.29, 0.717) is 37.6 Å². The number of halogens is 1. The van der Waals surface area contributed by atoms with E-state index in [4.69, 9.17) is 11.6 Å². The highest BCUT2D eigenvalue weighted by atomic mass is 35.5. The lowest BCUT2D eigenvalue weighted by Gasteiger charge is -2.38. The van der Waals surface area contributed by atoms with E-state index in [1.54, 1.807) is 6.07 Å². The van der Waals surface area contributed by atoms with Gasteiger partial charge in [0.25, 0.3) is 0 Å². The van der Waals surface area contributed by atoms with Gasteiger partial charge in [0.05, 0.1) is 12.5 Å². The van der Waals surface area contributed by atoms with Crippen LogP contribution in [0.1, 0.15) is 39.7 Å². The molecule has 0 saturated carbocycles. The van der Waals surface area contributed by atoms with Crippen LogP contribution in [-0.4, -0.2) is 59.4 Å². The van der Waals surface area contributed by atoms with Crippen molar-refractivity contribution in [2.45, 2.75) is 52.1 Å². The van der Waals surface area contributed by atoms with Gasteiger partial charge in [-0.05, 0) is 38.8 Å². The van der Waals surface area contributed by atoms with Gasteiger partial charge in [0.15, 0.2) is 0 Å². The summed E-state index contributed by atoms with van der Waals surface area (Å²) in [7, 11) is 0. The summed E-state index contributed by atoms with van der Waals surface area (Å²) in [6, 6.07) is 7.26. The highest BCUT2D eigenvalue weighted by Gasteiger charge is 2.29. The van der Waals surface area contributed by atoms with Gasteiger partial charge in [0.2, 0.25) is 11.8 Å². The summed E-state index contributed by atoms with van der Waals surface area (Å²) in [6.45, 7) is 10.7. The van der Waals surface area contributed by atoms with Crippen molar-refractivity contribution in [3.8, 4) is 0 Å². The molecular formula is C20H30ClN3O2. The molecule has 1 N–H and O–H groups in total. The van der Waals surface area contributed by atoms with Crippen LogP contribution in [0.4, 0.5) is 0 Å². The Hall–Kier alpha value is -1.59. The van der Waals surface area contributed by atoms with Crippen molar-refractivity contribution in [2.24, 2.45) is 0 Å². The second-order valence-corrected chi connectivity index (χ2v) is 7.99. The fourth-order valence-electron chi connectivity index (χ4n) is 2.97. The third kappa shape index (κ3) is 5.45. The summed E-state index contributed by atoms with van der Waals surface area (Å²) >= 11 is 6.15. The summed E-state index contributed by atoms with van der Waals surface area (Å²) in [6.07, 6.45) is 1.20. The lowest BCUT2D eigenvalue weighted by Crippen LogP contribution is -2.57. The van der Waals surface area contributed by atoms with Gasteiger partial charge in [-0.2, -0.15) is 0 Å². The second kappa shape index (κ2) is 8.87. The van der Waals surface area contributed by atoms with Crippen LogP contribution < -0.4 is 5.32 Å². The topological polar surface area (TPSA) is 52.7 Å². The van der Waals surface area contributed by atoms with Crippen molar-refractivity contribution in [2.75, 3.05) is 26.2 Å². The molecule has 1 atom stereocenters. The summed E-state index contributed by atoms with van der Waals surface area (Å²) in [5.41, 5.74) is 0.661. The zero-order valence-corrected chi connectivity index (χ0v) is 17.0. The maximum absolute atomic E-state index is 12.5. The number of amides is 2. The Morgan fingerprint density at radius 2 is 1.81 bits per heavy atom. The Kier molecular flexibility index (Phi) is 7.07. The Morgan fingerprint density at radius 3 is 2.38 bits per heavy atom. The SMILES string of the molecule is CCC(C)(C)NC(=O)C(C)N1CCN(C(=O)Cc2ccccc2Cl)CC1. The minimum atomic E-state index is -0.196. The molecule has 0 radical (unpaired) electrons. The molecule has 26 heavy (non-hydrogen) atoms. The largest absolute Gasteiger partial charge is 0.350 e. The first kappa shape index (κ1) is 20.7. The molecule has 0 bridgehead atoms. The predicted molar refractivity (Wildman–Crippen MR) is 105 cm³/mol. The van der Waals surface area contributed by atoms with Crippen molar-refractivity contribution >= 4 is 23.4 Å². The van der Waals surface area contributed by atoms with E-state index in [2.05, 4.69) is 17.1 Å². The summed E-state index contributed by atoms with van der Waals surface area (Å²) in [5.74, 6) is 0.134. The molecule has 0 aromatic heterocycles. The van der Waals surface area contributed by atoms with Crippen LogP contribution in [0.15, 0.2) is 24.3 Å². The quantitative estimate of drug-likeness (QED) is 0.826. The van der Waals surface area contributed by atoms with Gasteiger partial charge in [0.1, 0.15) is 0 Å². The minimum Gasteiger partial charge on any atom is -0.350 e. The number of benzene rings is 1. The number of carbonyl (C=O) groups excluding carboxylic acids is 2. The van der Waals surface area contributed by atoms with E-state index < -0.39 is 0 Å². The molecule has 1 aromatic carbocycles. The average molecular weight is 380 g/mol. The molecule has 6 heteroatoms. The first-order valence-corrected chi connectivity index (χ1v) is 9.68. The van der Waals surface area contributed by atoms with Crippen LogP contribution >= 0.6 is 11.6 Å². The van der Waals surface area contributed by atoms with Gasteiger partial charge in [0, 0.05) is 36.7 Å². The van der Waals surface area contributed by atoms with Crippen LogP contribution in [0, 0.1) is 0 Å². The second-order valence-electron chi connectivity index (χ2n) is 7.59. The average Bonchev–Trinajstić information content (AvgIpc) is 2.62. The fraction of sp³-hybridized carbons (Fsp3) is 0.600. The highest BCUT2D eigenvalue weighted by molar-refractivity contribution is 6.31. The van der Waals surface area contributed by atoms with E-state index >= 15 is 0 Å². The van der Waals surface area contributed by atoms with Crippen LogP contribution in [-0.2, 0) is 16.0 Å². The van der Waals surface area contributed by atoms with Crippen molar-refractivity contribution in [3.05, 3.63) is 34.9 Å². The molecule has 0 aliphatic carbocycles. The van der Waals surface area contributed by atoms with Gasteiger partial charge < -0.3 is 10.2 Å². The molecule has 1 aliphatic rings. The molecule has 2 rings (SSSR count). The van der Waals surface area contributed by atoms with Gasteiger partial charge in [-0.25, -0.2) is 0 Å². The molecule has 1 heterocycles. The number of piperazine rings is 1. The summed E-state index contributed by atoms with van der Waals surface area (Å²) in [4.78, 5) is 29.0. The van der Waals surface area contributed by atoms with Gasteiger partial charge in [-0.15, -0.1) is 0 Å². The van der Waals surface area contributed by atoms with E-state index in [1.165, 1.54) is 0 Å². The lowest BCUT2D eigenvalue weighted by molar-refractivity contribution is -0.133. The van der Waals surface area contributed by atoms with E-state index in [9.17, 15) is 9.59 Å². The number of carbonyl (C=O) groups is 2. The number of rotatable bonds is 6. The van der Waals surface area contributed by atoms with E-state index in [-0.39, 0.29) is 23.4 Å². The molecule has 0 spiro atoms. The standard InChI is InChI=1S/C20H30ClN3O2/c1-5-20(3,4)22-19(26)15(2)23-10-12-24(13-11-23)18(25)14-16-8-6-7-9-17(16)21/h6-9,15H,5,10-14H2,1-4H3,(H,22,26). The summed E-state index contributed by atoms with van der Waals surface area (Å²) in [5, 5.41) is 3.73. The van der Waals surface area contributed by atoms with Crippen molar-refractivity contribution in [3.63, 3.8) is 0 Å². The summed E-state index contributed by atoms with van der Waals surface area (Å²) < 4.78 is 0. The first-order chi connectivity index (χ1) is 12.2. The maximum atomic E-state index is 12.5. The van der Waals surface area contributed by atoms with E-state index in [0.717, 1.165) is 12.0 Å². The molecule has 1 aliphatic heterocycles. The van der Waals surface area contributed by atoms with Gasteiger partial charge in [-0.3, -0.25) is 14.5 Å². The Bertz CT molecular complexity index is 640. The number of hydrogen-bond donors (Lipinski definition) is 1. The third-order valence-corrected chi connectivity index (χ3v) is 5.61.